The van der Waals surface area contributed by atoms with E-state index in [1.807, 2.05) is 0 Å². The second-order valence-electron chi connectivity index (χ2n) is 3.75. The van der Waals surface area contributed by atoms with Crippen LogP contribution < -0.4 is 5.73 Å². The number of nitrogen functional groups attached to an aromatic ring is 1. The van der Waals surface area contributed by atoms with Gasteiger partial charge in [-0.05, 0) is 35.9 Å². The van der Waals surface area contributed by atoms with E-state index in [9.17, 15) is 13.2 Å². The normalized spacial score (nSPS) is 10.6. The third-order valence-corrected chi connectivity index (χ3v) is 3.43. The van der Waals surface area contributed by atoms with Gasteiger partial charge in [0.25, 0.3) is 0 Å². The molecule has 0 unspecified atom stereocenters. The van der Waals surface area contributed by atoms with Crippen LogP contribution in [0.25, 0.3) is 0 Å². The Labute approximate surface area is 107 Å². The van der Waals surface area contributed by atoms with Crippen LogP contribution in [0.5, 0.6) is 0 Å². The minimum absolute atomic E-state index is 0.322. The van der Waals surface area contributed by atoms with E-state index in [-0.39, 0.29) is 0 Å². The molecule has 0 radical (unpaired) electrons. The molecule has 2 rings (SSSR count). The smallest absolute Gasteiger partial charge is 0.126 e. The lowest BCUT2D eigenvalue weighted by Gasteiger charge is -2.06. The number of benzene rings is 2. The summed E-state index contributed by atoms with van der Waals surface area (Å²) in [6.45, 7) is 0. The van der Waals surface area contributed by atoms with Crippen molar-refractivity contribution in [3.8, 4) is 0 Å². The molecule has 0 heterocycles. The minimum Gasteiger partial charge on any atom is -0.398 e. The van der Waals surface area contributed by atoms with Crippen molar-refractivity contribution in [3.05, 3.63) is 59.4 Å². The van der Waals surface area contributed by atoms with Gasteiger partial charge in [0.2, 0.25) is 0 Å². The first-order valence-corrected chi connectivity index (χ1v) is 6.16. The average molecular weight is 269 g/mol. The van der Waals surface area contributed by atoms with Crippen molar-refractivity contribution in [2.45, 2.75) is 10.6 Å². The molecular formula is C13H10F3NS. The number of rotatable bonds is 3. The zero-order chi connectivity index (χ0) is 13.1. The Morgan fingerprint density at radius 3 is 2.22 bits per heavy atom. The summed E-state index contributed by atoms with van der Waals surface area (Å²) in [5.41, 5.74) is 6.61. The molecule has 0 aromatic heterocycles. The zero-order valence-corrected chi connectivity index (χ0v) is 10.1. The summed E-state index contributed by atoms with van der Waals surface area (Å²) in [7, 11) is 0. The molecule has 0 aliphatic rings. The quantitative estimate of drug-likeness (QED) is 0.673. The molecule has 1 nitrogen and oxygen atoms in total. The molecule has 0 atom stereocenters. The predicted octanol–water partition coefficient (Wildman–Crippen LogP) is 3.98. The molecule has 0 aliphatic carbocycles. The highest BCUT2D eigenvalue weighted by Gasteiger charge is 2.05. The van der Waals surface area contributed by atoms with Gasteiger partial charge in [-0.25, -0.2) is 13.2 Å². The second kappa shape index (κ2) is 5.35. The van der Waals surface area contributed by atoms with Gasteiger partial charge in [0, 0.05) is 22.4 Å². The van der Waals surface area contributed by atoms with E-state index in [0.29, 0.717) is 21.9 Å². The fraction of sp³-hybridized carbons (Fsp3) is 0.0769. The Balaban J connectivity index is 2.13. The topological polar surface area (TPSA) is 26.0 Å². The molecule has 94 valence electrons. The van der Waals surface area contributed by atoms with Crippen molar-refractivity contribution in [1.29, 1.82) is 0 Å². The van der Waals surface area contributed by atoms with Crippen LogP contribution in [0.15, 0.2) is 41.3 Å². The maximum absolute atomic E-state index is 13.0. The number of hydrogen-bond acceptors (Lipinski definition) is 2. The SMILES string of the molecule is Nc1ccc(F)cc1SCc1cc(F)cc(F)c1. The van der Waals surface area contributed by atoms with Crippen LogP contribution in [0.3, 0.4) is 0 Å². The van der Waals surface area contributed by atoms with Crippen LogP contribution in [0.4, 0.5) is 18.9 Å². The van der Waals surface area contributed by atoms with Gasteiger partial charge in [0.15, 0.2) is 0 Å². The lowest BCUT2D eigenvalue weighted by Crippen LogP contribution is -1.91. The summed E-state index contributed by atoms with van der Waals surface area (Å²) >= 11 is 1.23. The summed E-state index contributed by atoms with van der Waals surface area (Å²) in [6, 6.07) is 7.32. The van der Waals surface area contributed by atoms with Gasteiger partial charge in [0.1, 0.15) is 17.5 Å². The van der Waals surface area contributed by atoms with Crippen LogP contribution >= 0.6 is 11.8 Å². The van der Waals surface area contributed by atoms with Crippen molar-refractivity contribution < 1.29 is 13.2 Å². The number of halogens is 3. The standard InChI is InChI=1S/C13H10F3NS/c14-9-1-2-12(17)13(6-9)18-7-8-3-10(15)5-11(16)4-8/h1-6H,7,17H2. The van der Waals surface area contributed by atoms with Crippen LogP contribution in [-0.2, 0) is 5.75 Å². The van der Waals surface area contributed by atoms with Gasteiger partial charge in [-0.3, -0.25) is 0 Å². The molecule has 0 saturated carbocycles. The summed E-state index contributed by atoms with van der Waals surface area (Å²) in [5, 5.41) is 0. The van der Waals surface area contributed by atoms with Gasteiger partial charge in [-0.2, -0.15) is 0 Å². The lowest BCUT2D eigenvalue weighted by molar-refractivity contribution is 0.581. The summed E-state index contributed by atoms with van der Waals surface area (Å²) in [4.78, 5) is 0.555. The van der Waals surface area contributed by atoms with Gasteiger partial charge >= 0.3 is 0 Å². The minimum atomic E-state index is -0.627. The summed E-state index contributed by atoms with van der Waals surface area (Å²) in [5.74, 6) is -1.32. The van der Waals surface area contributed by atoms with Crippen molar-refractivity contribution in [2.24, 2.45) is 0 Å². The molecule has 2 aromatic carbocycles. The van der Waals surface area contributed by atoms with E-state index >= 15 is 0 Å². The van der Waals surface area contributed by atoms with Gasteiger partial charge in [-0.15, -0.1) is 11.8 Å². The highest BCUT2D eigenvalue weighted by Crippen LogP contribution is 2.29. The molecule has 0 spiro atoms. The van der Waals surface area contributed by atoms with E-state index < -0.39 is 17.5 Å². The molecule has 0 saturated heterocycles. The molecule has 2 N–H and O–H groups in total. The Morgan fingerprint density at radius 1 is 0.889 bits per heavy atom. The van der Waals surface area contributed by atoms with E-state index in [4.69, 9.17) is 5.73 Å². The predicted molar refractivity (Wildman–Crippen MR) is 66.7 cm³/mol. The average Bonchev–Trinajstić information content (AvgIpc) is 2.29. The lowest BCUT2D eigenvalue weighted by atomic mass is 10.2. The van der Waals surface area contributed by atoms with Crippen LogP contribution in [-0.4, -0.2) is 0 Å². The first kappa shape index (κ1) is 12.8. The molecule has 5 heteroatoms. The summed E-state index contributed by atoms with van der Waals surface area (Å²) in [6.07, 6.45) is 0. The third-order valence-electron chi connectivity index (χ3n) is 2.29. The molecule has 2 aromatic rings. The maximum atomic E-state index is 13.0. The highest BCUT2D eigenvalue weighted by molar-refractivity contribution is 7.98. The van der Waals surface area contributed by atoms with Gasteiger partial charge in [-0.1, -0.05) is 0 Å². The van der Waals surface area contributed by atoms with Gasteiger partial charge in [0.05, 0.1) is 0 Å². The first-order valence-electron chi connectivity index (χ1n) is 5.17. The number of nitrogens with two attached hydrogens (primary N) is 1. The van der Waals surface area contributed by atoms with E-state index in [1.54, 1.807) is 0 Å². The Bertz CT molecular complexity index is 552. The number of hydrogen-bond donors (Lipinski definition) is 1. The van der Waals surface area contributed by atoms with Crippen LogP contribution in [0, 0.1) is 17.5 Å². The van der Waals surface area contributed by atoms with Crippen molar-refractivity contribution in [1.82, 2.24) is 0 Å². The van der Waals surface area contributed by atoms with Crippen molar-refractivity contribution in [2.75, 3.05) is 5.73 Å². The largest absolute Gasteiger partial charge is 0.398 e. The van der Waals surface area contributed by atoms with Crippen molar-refractivity contribution >= 4 is 17.4 Å². The first-order chi connectivity index (χ1) is 8.54. The molecule has 18 heavy (non-hydrogen) atoms. The van der Waals surface area contributed by atoms with E-state index in [2.05, 4.69) is 0 Å². The zero-order valence-electron chi connectivity index (χ0n) is 9.29. The maximum Gasteiger partial charge on any atom is 0.126 e. The Morgan fingerprint density at radius 2 is 1.56 bits per heavy atom. The molecular weight excluding hydrogens is 259 g/mol. The molecule has 0 aliphatic heterocycles. The Kier molecular flexibility index (Phi) is 3.81. The fourth-order valence-corrected chi connectivity index (χ4v) is 2.41. The molecule has 0 fully saturated rings. The second-order valence-corrected chi connectivity index (χ2v) is 4.77. The van der Waals surface area contributed by atoms with E-state index in [0.717, 1.165) is 6.07 Å². The van der Waals surface area contributed by atoms with Gasteiger partial charge < -0.3 is 5.73 Å². The third kappa shape index (κ3) is 3.20. The van der Waals surface area contributed by atoms with Crippen LogP contribution in [0.2, 0.25) is 0 Å². The Hall–Kier alpha value is -1.62. The highest BCUT2D eigenvalue weighted by atomic mass is 32.2. The number of anilines is 1. The molecule has 0 bridgehead atoms. The molecule has 0 amide bonds. The van der Waals surface area contributed by atoms with E-state index in [1.165, 1.54) is 42.1 Å². The monoisotopic (exact) mass is 269 g/mol. The van der Waals surface area contributed by atoms with Crippen LogP contribution in [0.1, 0.15) is 5.56 Å². The van der Waals surface area contributed by atoms with Crippen molar-refractivity contribution in [3.63, 3.8) is 0 Å². The summed E-state index contributed by atoms with van der Waals surface area (Å²) < 4.78 is 38.9. The fourth-order valence-electron chi connectivity index (χ4n) is 1.49. The number of thioether (sulfide) groups is 1.